The van der Waals surface area contributed by atoms with Gasteiger partial charge in [0.05, 0.1) is 7.14 Å². The Morgan fingerprint density at radius 2 is 1.77 bits per heavy atom. The van der Waals surface area contributed by atoms with Crippen molar-refractivity contribution in [2.45, 2.75) is 13.5 Å². The summed E-state index contributed by atoms with van der Waals surface area (Å²) in [4.78, 5) is 12.6. The first-order valence-electron chi connectivity index (χ1n) is 9.22. The smallest absolute Gasteiger partial charge is 0.266 e. The summed E-state index contributed by atoms with van der Waals surface area (Å²) in [5.41, 5.74) is 3.17. The Labute approximate surface area is 207 Å². The number of nitrogens with zero attached hydrogens (tertiary/aromatic N) is 1. The molecule has 0 heterocycles. The predicted molar refractivity (Wildman–Crippen MR) is 136 cm³/mol. The first-order chi connectivity index (χ1) is 14.9. The summed E-state index contributed by atoms with van der Waals surface area (Å²) < 4.78 is 20.7. The number of rotatable bonds is 6. The lowest BCUT2D eigenvalue weighted by molar-refractivity contribution is -0.112. The maximum Gasteiger partial charge on any atom is 0.266 e. The fraction of sp³-hybridized carbons (Fsp3) is 0.0833. The molecule has 0 bridgehead atoms. The maximum atomic E-state index is 13.1. The molecule has 0 saturated carbocycles. The van der Waals surface area contributed by atoms with Crippen LogP contribution in [0.3, 0.4) is 0 Å². The van der Waals surface area contributed by atoms with Crippen LogP contribution in [0.5, 0.6) is 5.75 Å². The van der Waals surface area contributed by atoms with E-state index in [9.17, 15) is 14.4 Å². The fourth-order valence-corrected chi connectivity index (χ4v) is 4.88. The number of benzene rings is 3. The van der Waals surface area contributed by atoms with E-state index in [1.165, 1.54) is 12.1 Å². The Bertz CT molecular complexity index is 1160. The van der Waals surface area contributed by atoms with Crippen LogP contribution in [0.15, 0.2) is 66.2 Å². The van der Waals surface area contributed by atoms with E-state index in [1.54, 1.807) is 24.3 Å². The van der Waals surface area contributed by atoms with Gasteiger partial charge in [-0.15, -0.1) is 0 Å². The average Bonchev–Trinajstić information content (AvgIpc) is 2.74. The third kappa shape index (κ3) is 6.27. The highest BCUT2D eigenvalue weighted by molar-refractivity contribution is 14.1. The van der Waals surface area contributed by atoms with E-state index in [2.05, 4.69) is 50.5 Å². The van der Waals surface area contributed by atoms with Crippen molar-refractivity contribution in [2.75, 3.05) is 5.32 Å². The molecule has 1 N–H and O–H groups in total. The number of nitrogens with one attached hydrogen (secondary N) is 1. The molecule has 3 rings (SSSR count). The number of hydrogen-bond acceptors (Lipinski definition) is 3. The van der Waals surface area contributed by atoms with Crippen LogP contribution in [0.1, 0.15) is 16.7 Å². The molecule has 7 heteroatoms. The van der Waals surface area contributed by atoms with Gasteiger partial charge in [0.1, 0.15) is 29.8 Å². The van der Waals surface area contributed by atoms with Gasteiger partial charge in [-0.1, -0.05) is 30.3 Å². The van der Waals surface area contributed by atoms with Crippen LogP contribution in [-0.2, 0) is 11.4 Å². The quantitative estimate of drug-likeness (QED) is 0.192. The van der Waals surface area contributed by atoms with Gasteiger partial charge in [-0.2, -0.15) is 5.26 Å². The topological polar surface area (TPSA) is 62.1 Å². The third-order valence-electron chi connectivity index (χ3n) is 4.39. The summed E-state index contributed by atoms with van der Waals surface area (Å²) >= 11 is 4.31. The lowest BCUT2D eigenvalue weighted by Crippen LogP contribution is -2.14. The predicted octanol–water partition coefficient (Wildman–Crippen LogP) is 6.47. The molecule has 0 fully saturated rings. The highest BCUT2D eigenvalue weighted by atomic mass is 127. The molecule has 0 aliphatic rings. The molecule has 0 unspecified atom stereocenters. The molecule has 0 radical (unpaired) electrons. The van der Waals surface area contributed by atoms with Gasteiger partial charge in [0, 0.05) is 5.69 Å². The number of halogens is 3. The van der Waals surface area contributed by atoms with Crippen molar-refractivity contribution in [3.05, 3.63) is 95.9 Å². The summed E-state index contributed by atoms with van der Waals surface area (Å²) in [7, 11) is 0. The van der Waals surface area contributed by atoms with Gasteiger partial charge in [-0.05, 0) is 105 Å². The Morgan fingerprint density at radius 3 is 2.39 bits per heavy atom. The molecule has 3 aromatic carbocycles. The van der Waals surface area contributed by atoms with Gasteiger partial charge >= 0.3 is 0 Å². The third-order valence-corrected chi connectivity index (χ3v) is 5.99. The Balaban J connectivity index is 1.78. The second-order valence-corrected chi connectivity index (χ2v) is 8.99. The van der Waals surface area contributed by atoms with E-state index < -0.39 is 5.91 Å². The van der Waals surface area contributed by atoms with Crippen LogP contribution in [0.2, 0.25) is 0 Å². The second-order valence-electron chi connectivity index (χ2n) is 6.67. The Morgan fingerprint density at radius 1 is 1.13 bits per heavy atom. The summed E-state index contributed by atoms with van der Waals surface area (Å²) in [6.07, 6.45) is 1.56. The number of amides is 1. The minimum absolute atomic E-state index is 0.00911. The number of ether oxygens (including phenoxy) is 1. The van der Waals surface area contributed by atoms with E-state index in [1.807, 2.05) is 43.3 Å². The highest BCUT2D eigenvalue weighted by Gasteiger charge is 2.13. The minimum Gasteiger partial charge on any atom is -0.487 e. The zero-order valence-corrected chi connectivity index (χ0v) is 20.8. The second kappa shape index (κ2) is 10.7. The van der Waals surface area contributed by atoms with E-state index in [0.29, 0.717) is 18.0 Å². The van der Waals surface area contributed by atoms with Crippen molar-refractivity contribution in [2.24, 2.45) is 0 Å². The Hall–Kier alpha value is -2.45. The van der Waals surface area contributed by atoms with Crippen LogP contribution in [0, 0.1) is 31.2 Å². The number of hydrogen-bond donors (Lipinski definition) is 1. The molecule has 0 aliphatic heterocycles. The fourth-order valence-electron chi connectivity index (χ4n) is 2.75. The molecule has 0 atom stereocenters. The van der Waals surface area contributed by atoms with Crippen LogP contribution < -0.4 is 10.1 Å². The Kier molecular flexibility index (Phi) is 8.03. The molecule has 1 amide bonds. The molecular weight excluding hydrogens is 621 g/mol. The van der Waals surface area contributed by atoms with E-state index >= 15 is 0 Å². The molecule has 0 spiro atoms. The van der Waals surface area contributed by atoms with Crippen molar-refractivity contribution >= 4 is 62.9 Å². The minimum atomic E-state index is -0.460. The molecule has 0 aliphatic carbocycles. The van der Waals surface area contributed by atoms with Gasteiger partial charge in [-0.3, -0.25) is 4.79 Å². The van der Waals surface area contributed by atoms with Gasteiger partial charge in [0.2, 0.25) is 0 Å². The molecular formula is C24H17FI2N2O2. The SMILES string of the molecule is Cc1ccccc1NC(=O)/C(C#N)=C\c1cc(I)c(OCc2ccc(F)cc2)c(I)c1. The summed E-state index contributed by atoms with van der Waals surface area (Å²) in [5.74, 6) is -0.0483. The van der Waals surface area contributed by atoms with Crippen LogP contribution in [0.4, 0.5) is 10.1 Å². The summed E-state index contributed by atoms with van der Waals surface area (Å²) in [6.45, 7) is 2.20. The van der Waals surface area contributed by atoms with Gasteiger partial charge < -0.3 is 10.1 Å². The van der Waals surface area contributed by atoms with Crippen molar-refractivity contribution in [3.8, 4) is 11.8 Å². The highest BCUT2D eigenvalue weighted by Crippen LogP contribution is 2.30. The molecule has 156 valence electrons. The first-order valence-corrected chi connectivity index (χ1v) is 11.4. The number of carbonyl (C=O) groups excluding carboxylic acids is 1. The lowest BCUT2D eigenvalue weighted by Gasteiger charge is -2.12. The zero-order valence-electron chi connectivity index (χ0n) is 16.5. The van der Waals surface area contributed by atoms with Crippen LogP contribution >= 0.6 is 45.2 Å². The average molecular weight is 638 g/mol. The standard InChI is InChI=1S/C24H17FI2N2O2/c1-15-4-2-3-5-22(15)29-24(30)18(13-28)10-17-11-20(26)23(21(27)12-17)31-14-16-6-8-19(25)9-7-16/h2-12H,14H2,1H3,(H,29,30)/b18-10-. The molecule has 31 heavy (non-hydrogen) atoms. The molecule has 0 aromatic heterocycles. The number of carbonyl (C=O) groups is 1. The summed E-state index contributed by atoms with van der Waals surface area (Å²) in [5, 5.41) is 12.3. The van der Waals surface area contributed by atoms with Crippen molar-refractivity contribution < 1.29 is 13.9 Å². The molecule has 4 nitrogen and oxygen atoms in total. The zero-order chi connectivity index (χ0) is 22.4. The number of aryl methyl sites for hydroxylation is 1. The first kappa shape index (κ1) is 23.2. The maximum absolute atomic E-state index is 13.1. The molecule has 0 saturated heterocycles. The summed E-state index contributed by atoms with van der Waals surface area (Å²) in [6, 6.07) is 19.2. The lowest BCUT2D eigenvalue weighted by atomic mass is 10.1. The van der Waals surface area contributed by atoms with E-state index in [-0.39, 0.29) is 11.4 Å². The van der Waals surface area contributed by atoms with Gasteiger partial charge in [0.25, 0.3) is 5.91 Å². The number of anilines is 1. The van der Waals surface area contributed by atoms with Crippen LogP contribution in [0.25, 0.3) is 6.08 Å². The van der Waals surface area contributed by atoms with Gasteiger partial charge in [0.15, 0.2) is 0 Å². The number of nitriles is 1. The van der Waals surface area contributed by atoms with Crippen LogP contribution in [-0.4, -0.2) is 5.91 Å². The van der Waals surface area contributed by atoms with Crippen molar-refractivity contribution in [3.63, 3.8) is 0 Å². The number of para-hydroxylation sites is 1. The van der Waals surface area contributed by atoms with E-state index in [0.717, 1.165) is 23.8 Å². The normalized spacial score (nSPS) is 11.0. The van der Waals surface area contributed by atoms with Crippen molar-refractivity contribution in [1.29, 1.82) is 5.26 Å². The monoisotopic (exact) mass is 638 g/mol. The molecule has 3 aromatic rings. The van der Waals surface area contributed by atoms with Crippen molar-refractivity contribution in [1.82, 2.24) is 0 Å². The van der Waals surface area contributed by atoms with E-state index in [4.69, 9.17) is 4.74 Å². The van der Waals surface area contributed by atoms with Gasteiger partial charge in [-0.25, -0.2) is 4.39 Å². The largest absolute Gasteiger partial charge is 0.487 e.